The van der Waals surface area contributed by atoms with Crippen molar-refractivity contribution in [2.24, 2.45) is 0 Å². The van der Waals surface area contributed by atoms with E-state index >= 15 is 0 Å². The highest BCUT2D eigenvalue weighted by Gasteiger charge is 2.23. The molecule has 0 aliphatic carbocycles. The number of urea groups is 1. The van der Waals surface area contributed by atoms with E-state index in [2.05, 4.69) is 10.6 Å². The van der Waals surface area contributed by atoms with Gasteiger partial charge in [0.15, 0.2) is 0 Å². The van der Waals surface area contributed by atoms with Gasteiger partial charge in [-0.3, -0.25) is 10.1 Å². The van der Waals surface area contributed by atoms with Gasteiger partial charge >= 0.3 is 6.03 Å². The minimum Gasteiger partial charge on any atom is -0.317 e. The van der Waals surface area contributed by atoms with Crippen LogP contribution >= 0.6 is 11.6 Å². The SMILES string of the molecule is O=C1NC(=O)C(=Cc2cccn2-c2ccc(Cl)cc2)N1. The number of rotatable bonds is 2. The molecule has 1 aromatic heterocycles. The van der Waals surface area contributed by atoms with Crippen LogP contribution in [-0.2, 0) is 4.79 Å². The zero-order valence-electron chi connectivity index (χ0n) is 10.3. The number of imide groups is 1. The van der Waals surface area contributed by atoms with Crippen LogP contribution in [0.5, 0.6) is 0 Å². The first-order chi connectivity index (χ1) is 9.63. The van der Waals surface area contributed by atoms with Crippen molar-refractivity contribution in [3.8, 4) is 5.69 Å². The highest BCUT2D eigenvalue weighted by molar-refractivity contribution is 6.30. The lowest BCUT2D eigenvalue weighted by molar-refractivity contribution is -0.115. The number of nitrogens with one attached hydrogen (secondary N) is 2. The summed E-state index contributed by atoms with van der Waals surface area (Å²) in [6, 6.07) is 10.5. The zero-order chi connectivity index (χ0) is 14.1. The van der Waals surface area contributed by atoms with Gasteiger partial charge in [-0.05, 0) is 42.5 Å². The summed E-state index contributed by atoms with van der Waals surface area (Å²) < 4.78 is 1.89. The Labute approximate surface area is 119 Å². The van der Waals surface area contributed by atoms with Crippen LogP contribution in [0.1, 0.15) is 5.69 Å². The first-order valence-corrected chi connectivity index (χ1v) is 6.28. The summed E-state index contributed by atoms with van der Waals surface area (Å²) in [5.74, 6) is -0.432. The van der Waals surface area contributed by atoms with E-state index in [0.717, 1.165) is 11.4 Å². The van der Waals surface area contributed by atoms with E-state index in [0.29, 0.717) is 5.02 Å². The molecule has 20 heavy (non-hydrogen) atoms. The number of nitrogens with zero attached hydrogens (tertiary/aromatic N) is 1. The lowest BCUT2D eigenvalue weighted by Crippen LogP contribution is -2.22. The Kier molecular flexibility index (Phi) is 3.04. The number of hydrogen-bond acceptors (Lipinski definition) is 2. The Bertz CT molecular complexity index is 716. The van der Waals surface area contributed by atoms with E-state index < -0.39 is 11.9 Å². The van der Waals surface area contributed by atoms with Crippen molar-refractivity contribution >= 4 is 29.6 Å². The molecule has 1 aliphatic rings. The normalized spacial score (nSPS) is 16.4. The molecule has 2 N–H and O–H groups in total. The summed E-state index contributed by atoms with van der Waals surface area (Å²) in [6.07, 6.45) is 3.49. The molecule has 3 amide bonds. The van der Waals surface area contributed by atoms with Gasteiger partial charge in [0.05, 0.1) is 0 Å². The molecule has 1 fully saturated rings. The van der Waals surface area contributed by atoms with Crippen molar-refractivity contribution in [2.45, 2.75) is 0 Å². The molecule has 3 rings (SSSR count). The van der Waals surface area contributed by atoms with Crippen LogP contribution in [0.3, 0.4) is 0 Å². The molecule has 0 spiro atoms. The monoisotopic (exact) mass is 287 g/mol. The maximum atomic E-state index is 11.5. The van der Waals surface area contributed by atoms with Crippen molar-refractivity contribution in [1.82, 2.24) is 15.2 Å². The van der Waals surface area contributed by atoms with Crippen molar-refractivity contribution in [2.75, 3.05) is 0 Å². The largest absolute Gasteiger partial charge is 0.326 e. The maximum Gasteiger partial charge on any atom is 0.326 e. The molecule has 1 aromatic carbocycles. The van der Waals surface area contributed by atoms with Crippen molar-refractivity contribution in [3.63, 3.8) is 0 Å². The second-order valence-electron chi connectivity index (χ2n) is 4.25. The van der Waals surface area contributed by atoms with Gasteiger partial charge in [0.1, 0.15) is 5.70 Å². The highest BCUT2D eigenvalue weighted by atomic mass is 35.5. The van der Waals surface area contributed by atoms with E-state index in [-0.39, 0.29) is 5.70 Å². The fraction of sp³-hybridized carbons (Fsp3) is 0. The lowest BCUT2D eigenvalue weighted by atomic mass is 10.3. The number of amides is 3. The number of aromatic nitrogens is 1. The van der Waals surface area contributed by atoms with E-state index in [1.807, 2.05) is 35.0 Å². The number of halogens is 1. The number of benzene rings is 1. The average Bonchev–Trinajstić information content (AvgIpc) is 2.98. The minimum atomic E-state index is -0.508. The zero-order valence-corrected chi connectivity index (χ0v) is 11.0. The number of hydrogen-bond donors (Lipinski definition) is 2. The summed E-state index contributed by atoms with van der Waals surface area (Å²) >= 11 is 5.86. The van der Waals surface area contributed by atoms with E-state index in [1.165, 1.54) is 0 Å². The summed E-state index contributed by atoms with van der Waals surface area (Å²) in [6.45, 7) is 0. The van der Waals surface area contributed by atoms with Gasteiger partial charge in [0.25, 0.3) is 5.91 Å². The molecule has 1 aliphatic heterocycles. The average molecular weight is 288 g/mol. The number of carbonyl (C=O) groups is 2. The first kappa shape index (κ1) is 12.5. The van der Waals surface area contributed by atoms with Gasteiger partial charge in [0, 0.05) is 22.6 Å². The topological polar surface area (TPSA) is 63.1 Å². The smallest absolute Gasteiger partial charge is 0.317 e. The van der Waals surface area contributed by atoms with Gasteiger partial charge < -0.3 is 9.88 Å². The summed E-state index contributed by atoms with van der Waals surface area (Å²) in [4.78, 5) is 22.6. The fourth-order valence-corrected chi connectivity index (χ4v) is 2.10. The molecule has 0 unspecified atom stereocenters. The summed E-state index contributed by atoms with van der Waals surface area (Å²) in [5, 5.41) is 5.27. The molecule has 1 saturated heterocycles. The van der Waals surface area contributed by atoms with Crippen LogP contribution in [0.15, 0.2) is 48.3 Å². The standard InChI is InChI=1S/C14H10ClN3O2/c15-9-3-5-10(6-4-9)18-7-1-2-11(18)8-12-13(19)17-14(20)16-12/h1-8H,(H2,16,17,19,20). The highest BCUT2D eigenvalue weighted by Crippen LogP contribution is 2.18. The molecule has 0 bridgehead atoms. The summed E-state index contributed by atoms with van der Waals surface area (Å²) in [7, 11) is 0. The Balaban J connectivity index is 1.99. The third-order valence-corrected chi connectivity index (χ3v) is 3.15. The molecular formula is C14H10ClN3O2. The second-order valence-corrected chi connectivity index (χ2v) is 4.68. The Morgan fingerprint density at radius 2 is 1.80 bits per heavy atom. The molecule has 5 nitrogen and oxygen atoms in total. The van der Waals surface area contributed by atoms with Gasteiger partial charge in [-0.25, -0.2) is 4.79 Å². The second kappa shape index (κ2) is 4.86. The first-order valence-electron chi connectivity index (χ1n) is 5.91. The van der Waals surface area contributed by atoms with E-state index in [1.54, 1.807) is 18.2 Å². The molecule has 2 heterocycles. The van der Waals surface area contributed by atoms with Crippen LogP contribution in [0.4, 0.5) is 4.79 Å². The van der Waals surface area contributed by atoms with Gasteiger partial charge in [-0.2, -0.15) is 0 Å². The van der Waals surface area contributed by atoms with E-state index in [9.17, 15) is 9.59 Å². The molecule has 2 aromatic rings. The third kappa shape index (κ3) is 2.31. The van der Waals surface area contributed by atoms with Crippen LogP contribution < -0.4 is 10.6 Å². The predicted molar refractivity (Wildman–Crippen MR) is 75.4 cm³/mol. The molecule has 0 saturated carbocycles. The van der Waals surface area contributed by atoms with Crippen LogP contribution in [0.2, 0.25) is 5.02 Å². The predicted octanol–water partition coefficient (Wildman–Crippen LogP) is 2.31. The van der Waals surface area contributed by atoms with Crippen molar-refractivity contribution in [1.29, 1.82) is 0 Å². The van der Waals surface area contributed by atoms with Gasteiger partial charge in [0.2, 0.25) is 0 Å². The molecule has 0 radical (unpaired) electrons. The van der Waals surface area contributed by atoms with Crippen LogP contribution in [-0.4, -0.2) is 16.5 Å². The maximum absolute atomic E-state index is 11.5. The Morgan fingerprint density at radius 1 is 1.05 bits per heavy atom. The van der Waals surface area contributed by atoms with Crippen molar-refractivity contribution in [3.05, 3.63) is 59.0 Å². The molecule has 6 heteroatoms. The third-order valence-electron chi connectivity index (χ3n) is 2.90. The minimum absolute atomic E-state index is 0.226. The quantitative estimate of drug-likeness (QED) is 0.658. The van der Waals surface area contributed by atoms with Crippen LogP contribution in [0, 0.1) is 0 Å². The molecule has 100 valence electrons. The fourth-order valence-electron chi connectivity index (χ4n) is 1.98. The Hall–Kier alpha value is -2.53. The van der Waals surface area contributed by atoms with Gasteiger partial charge in [-0.15, -0.1) is 0 Å². The Morgan fingerprint density at radius 3 is 2.45 bits per heavy atom. The molecular weight excluding hydrogens is 278 g/mol. The summed E-state index contributed by atoms with van der Waals surface area (Å²) in [5.41, 5.74) is 1.92. The molecule has 0 atom stereocenters. The lowest BCUT2D eigenvalue weighted by Gasteiger charge is -2.07. The van der Waals surface area contributed by atoms with Gasteiger partial charge in [-0.1, -0.05) is 11.6 Å². The number of carbonyl (C=O) groups excluding carboxylic acids is 2. The van der Waals surface area contributed by atoms with E-state index in [4.69, 9.17) is 11.6 Å². The van der Waals surface area contributed by atoms with Crippen molar-refractivity contribution < 1.29 is 9.59 Å². The van der Waals surface area contributed by atoms with Crippen LogP contribution in [0.25, 0.3) is 11.8 Å².